The van der Waals surface area contributed by atoms with Gasteiger partial charge < -0.3 is 15.3 Å². The Hall–Kier alpha value is -3.27. The molecule has 0 aliphatic heterocycles. The van der Waals surface area contributed by atoms with Crippen LogP contribution in [0.15, 0.2) is 53.7 Å². The molecule has 3 aromatic rings. The average molecular weight is 374 g/mol. The third kappa shape index (κ3) is 2.90. The second-order valence-corrected chi connectivity index (χ2v) is 7.38. The number of benzene rings is 1. The maximum absolute atomic E-state index is 12.7. The first kappa shape index (κ1) is 17.5. The van der Waals surface area contributed by atoms with Crippen LogP contribution in [0.5, 0.6) is 0 Å². The van der Waals surface area contributed by atoms with Crippen LogP contribution in [-0.4, -0.2) is 31.1 Å². The number of fused-ring (bicyclic) bond motifs is 1. The first-order valence-corrected chi connectivity index (χ1v) is 9.13. The standard InChI is InChI=1S/C16H14N4O5S/c1-17-16(21)15-14(10-26(24,25)11-6-8-18-9-7-11)19(22)12-4-2-3-5-13(12)20(15)23/h2-9H,10H2,1H3,(H,17,21). The Balaban J connectivity index is 2.30. The molecule has 2 heterocycles. The van der Waals surface area contributed by atoms with Gasteiger partial charge in [0.15, 0.2) is 9.84 Å². The van der Waals surface area contributed by atoms with Gasteiger partial charge >= 0.3 is 11.6 Å². The molecule has 0 saturated heterocycles. The fourth-order valence-corrected chi connectivity index (χ4v) is 3.88. The molecule has 0 bridgehead atoms. The highest BCUT2D eigenvalue weighted by atomic mass is 32.2. The molecule has 26 heavy (non-hydrogen) atoms. The zero-order valence-corrected chi connectivity index (χ0v) is 14.4. The molecule has 1 N–H and O–H groups in total. The number of nitrogens with zero attached hydrogens (tertiary/aromatic N) is 3. The molecule has 0 radical (unpaired) electrons. The van der Waals surface area contributed by atoms with Gasteiger partial charge in [0, 0.05) is 30.4 Å². The smallest absolute Gasteiger partial charge is 0.347 e. The van der Waals surface area contributed by atoms with Crippen LogP contribution >= 0.6 is 0 Å². The minimum Gasteiger partial charge on any atom is -0.805 e. The van der Waals surface area contributed by atoms with Crippen LogP contribution < -0.4 is 9.74 Å². The fourth-order valence-electron chi connectivity index (χ4n) is 2.56. The molecule has 3 rings (SSSR count). The summed E-state index contributed by atoms with van der Waals surface area (Å²) in [6, 6.07) is 8.39. The van der Waals surface area contributed by atoms with Crippen molar-refractivity contribution >= 4 is 26.8 Å². The Kier molecular flexibility index (Phi) is 4.43. The van der Waals surface area contributed by atoms with E-state index in [1.807, 2.05) is 0 Å². The number of carbonyl (C=O) groups excluding carboxylic acids is 1. The van der Waals surface area contributed by atoms with Gasteiger partial charge in [-0.2, -0.15) is 0 Å². The normalized spacial score (nSPS) is 11.4. The predicted molar refractivity (Wildman–Crippen MR) is 92.6 cm³/mol. The molecule has 2 aromatic heterocycles. The number of pyridine rings is 1. The van der Waals surface area contributed by atoms with Gasteiger partial charge in [-0.3, -0.25) is 9.78 Å². The van der Waals surface area contributed by atoms with Crippen LogP contribution in [0.1, 0.15) is 16.2 Å². The van der Waals surface area contributed by atoms with E-state index in [-0.39, 0.29) is 20.4 Å². The highest BCUT2D eigenvalue weighted by Crippen LogP contribution is 2.20. The third-order valence-corrected chi connectivity index (χ3v) is 5.46. The van der Waals surface area contributed by atoms with Gasteiger partial charge in [0.05, 0.1) is 9.32 Å². The first-order chi connectivity index (χ1) is 12.4. The van der Waals surface area contributed by atoms with Crippen LogP contribution in [0.25, 0.3) is 11.0 Å². The maximum Gasteiger partial charge on any atom is 0.347 e. The van der Waals surface area contributed by atoms with E-state index in [1.165, 1.54) is 55.8 Å². The second-order valence-electron chi connectivity index (χ2n) is 5.39. The summed E-state index contributed by atoms with van der Waals surface area (Å²) in [5, 5.41) is 15.0. The summed E-state index contributed by atoms with van der Waals surface area (Å²) < 4.78 is 25.9. The molecule has 0 fully saturated rings. The lowest BCUT2D eigenvalue weighted by molar-refractivity contribution is -0.468. The Morgan fingerprint density at radius 2 is 1.88 bits per heavy atom. The first-order valence-electron chi connectivity index (χ1n) is 7.48. The van der Waals surface area contributed by atoms with Crippen LogP contribution in [0.2, 0.25) is 0 Å². The number of carbonyl (C=O) groups is 1. The number of amides is 1. The molecule has 1 aromatic carbocycles. The summed E-state index contributed by atoms with van der Waals surface area (Å²) in [4.78, 5) is 28.5. The van der Waals surface area contributed by atoms with E-state index >= 15 is 0 Å². The largest absolute Gasteiger partial charge is 0.805 e. The van der Waals surface area contributed by atoms with Crippen molar-refractivity contribution in [3.63, 3.8) is 0 Å². The van der Waals surface area contributed by atoms with E-state index in [0.717, 1.165) is 0 Å². The number of nitrogens with one attached hydrogen (secondary N) is 1. The van der Waals surface area contributed by atoms with Gasteiger partial charge in [-0.05, 0) is 18.2 Å². The van der Waals surface area contributed by atoms with Gasteiger partial charge in [0.25, 0.3) is 5.52 Å². The molecule has 134 valence electrons. The Morgan fingerprint density at radius 3 is 2.54 bits per heavy atom. The van der Waals surface area contributed by atoms with E-state index in [4.69, 9.17) is 0 Å². The number of hydrogen-bond acceptors (Lipinski definition) is 6. The van der Waals surface area contributed by atoms with Crippen molar-refractivity contribution in [1.82, 2.24) is 15.0 Å². The van der Waals surface area contributed by atoms with Gasteiger partial charge in [-0.15, -0.1) is 0 Å². The van der Waals surface area contributed by atoms with Crippen molar-refractivity contribution in [2.75, 3.05) is 7.05 Å². The molecule has 1 amide bonds. The van der Waals surface area contributed by atoms with E-state index in [0.29, 0.717) is 4.73 Å². The zero-order valence-electron chi connectivity index (χ0n) is 13.6. The van der Waals surface area contributed by atoms with Gasteiger partial charge in [-0.25, -0.2) is 8.42 Å². The highest BCUT2D eigenvalue weighted by molar-refractivity contribution is 7.90. The Labute approximate surface area is 148 Å². The second kappa shape index (κ2) is 6.56. The fraction of sp³-hybridized carbons (Fsp3) is 0.125. The minimum atomic E-state index is -3.98. The maximum atomic E-state index is 12.7. The lowest BCUT2D eigenvalue weighted by Crippen LogP contribution is -2.36. The average Bonchev–Trinajstić information content (AvgIpc) is 2.66. The summed E-state index contributed by atoms with van der Waals surface area (Å²) in [6.45, 7) is 0. The van der Waals surface area contributed by atoms with E-state index in [1.54, 1.807) is 0 Å². The molecular weight excluding hydrogens is 360 g/mol. The van der Waals surface area contributed by atoms with Crippen molar-refractivity contribution in [3.05, 3.63) is 70.3 Å². The van der Waals surface area contributed by atoms with Crippen LogP contribution in [-0.2, 0) is 15.6 Å². The number of para-hydroxylation sites is 2. The lowest BCUT2D eigenvalue weighted by Gasteiger charge is -2.18. The summed E-state index contributed by atoms with van der Waals surface area (Å²) in [5.74, 6) is -1.66. The Bertz CT molecular complexity index is 1160. The number of aromatic nitrogens is 3. The van der Waals surface area contributed by atoms with Crippen molar-refractivity contribution in [2.45, 2.75) is 10.6 Å². The molecule has 9 nitrogen and oxygen atoms in total. The molecule has 10 heteroatoms. The van der Waals surface area contributed by atoms with Gasteiger partial charge in [0.1, 0.15) is 17.0 Å². The Morgan fingerprint density at radius 1 is 1.23 bits per heavy atom. The molecule has 0 aliphatic rings. The number of sulfone groups is 1. The highest BCUT2D eigenvalue weighted by Gasteiger charge is 2.31. The van der Waals surface area contributed by atoms with E-state index < -0.39 is 32.9 Å². The van der Waals surface area contributed by atoms with Crippen LogP contribution in [0.4, 0.5) is 0 Å². The molecule has 0 unspecified atom stereocenters. The van der Waals surface area contributed by atoms with Crippen molar-refractivity contribution in [3.8, 4) is 0 Å². The van der Waals surface area contributed by atoms with Crippen LogP contribution in [0, 0.1) is 10.1 Å². The SMILES string of the molecule is CNC(=O)c1c(CS(=O)(=O)c2ccncc2)n([O-])c2ccccc2[n+]1=O. The zero-order chi connectivity index (χ0) is 18.9. The molecule has 0 aliphatic carbocycles. The van der Waals surface area contributed by atoms with E-state index in [2.05, 4.69) is 10.3 Å². The van der Waals surface area contributed by atoms with Gasteiger partial charge in [-0.1, -0.05) is 12.1 Å². The van der Waals surface area contributed by atoms with E-state index in [9.17, 15) is 23.3 Å². The summed E-state index contributed by atoms with van der Waals surface area (Å²) in [5.41, 5.74) is -1.07. The number of rotatable bonds is 4. The monoisotopic (exact) mass is 374 g/mol. The minimum absolute atomic E-state index is 0.0323. The van der Waals surface area contributed by atoms with Gasteiger partial charge in [0.2, 0.25) is 0 Å². The van der Waals surface area contributed by atoms with Crippen molar-refractivity contribution < 1.29 is 17.6 Å². The molecular formula is C16H14N4O5S. The summed E-state index contributed by atoms with van der Waals surface area (Å²) in [7, 11) is -2.69. The predicted octanol–water partition coefficient (Wildman–Crippen LogP) is 0.630. The molecule has 0 saturated carbocycles. The van der Waals surface area contributed by atoms with Crippen molar-refractivity contribution in [2.24, 2.45) is 0 Å². The quantitative estimate of drug-likeness (QED) is 0.667. The third-order valence-electron chi connectivity index (χ3n) is 3.82. The number of hydrogen-bond donors (Lipinski definition) is 1. The topological polar surface area (TPSA) is 127 Å². The summed E-state index contributed by atoms with van der Waals surface area (Å²) in [6.07, 6.45) is 2.60. The lowest BCUT2D eigenvalue weighted by atomic mass is 10.2. The van der Waals surface area contributed by atoms with Crippen molar-refractivity contribution in [1.29, 1.82) is 0 Å². The molecule has 0 atom stereocenters. The summed E-state index contributed by atoms with van der Waals surface area (Å²) >= 11 is 0. The molecule has 0 spiro atoms. The van der Waals surface area contributed by atoms with Crippen LogP contribution in [0.3, 0.4) is 0 Å².